The van der Waals surface area contributed by atoms with Gasteiger partial charge in [0, 0.05) is 45.4 Å². The van der Waals surface area contributed by atoms with E-state index >= 15 is 0 Å². The lowest BCUT2D eigenvalue weighted by molar-refractivity contribution is -0.992. The van der Waals surface area contributed by atoms with Crippen molar-refractivity contribution in [3.8, 4) is 0 Å². The number of carbonyl (C=O) groups is 2. The van der Waals surface area contributed by atoms with Crippen molar-refractivity contribution in [2.75, 3.05) is 66.2 Å². The molecule has 7 atom stereocenters. The van der Waals surface area contributed by atoms with Gasteiger partial charge in [-0.3, -0.25) is 14.5 Å². The molecule has 2 heterocycles. The lowest BCUT2D eigenvalue weighted by Gasteiger charge is -2.56. The number of rotatable bonds is 28. The summed E-state index contributed by atoms with van der Waals surface area (Å²) < 4.78 is 25.6. The van der Waals surface area contributed by atoms with Gasteiger partial charge in [-0.2, -0.15) is 0 Å². The number of hydrogen-bond acceptors (Lipinski definition) is 9. The van der Waals surface area contributed by atoms with Crippen LogP contribution in [0.5, 0.6) is 0 Å². The lowest BCUT2D eigenvalue weighted by atomic mass is 9.82. The predicted octanol–water partition coefficient (Wildman–Crippen LogP) is 8.11. The fourth-order valence-corrected chi connectivity index (χ4v) is 9.92. The van der Waals surface area contributed by atoms with E-state index in [0.29, 0.717) is 31.7 Å². The number of carbonyl (C=O) groups excluding carboxylic acids is 2. The summed E-state index contributed by atoms with van der Waals surface area (Å²) in [5.41, 5.74) is 3.58. The van der Waals surface area contributed by atoms with Gasteiger partial charge in [0.05, 0.1) is 31.8 Å². The molecule has 0 spiro atoms. The number of aryl methyl sites for hydroxylation is 1. The van der Waals surface area contributed by atoms with Gasteiger partial charge in [-0.15, -0.1) is 0 Å². The van der Waals surface area contributed by atoms with E-state index in [0.717, 1.165) is 118 Å². The largest absolute Gasteiger partial charge is 0.463 e. The second kappa shape index (κ2) is 25.0. The van der Waals surface area contributed by atoms with Gasteiger partial charge in [0.1, 0.15) is 36.9 Å². The number of piperidine rings is 1. The number of quaternary nitrogens is 1. The van der Waals surface area contributed by atoms with E-state index in [4.69, 9.17) is 18.9 Å². The molecular weight excluding hydrogens is 779 g/mol. The third-order valence-electron chi connectivity index (χ3n) is 14.0. The van der Waals surface area contributed by atoms with Crippen LogP contribution in [0.25, 0.3) is 0 Å². The van der Waals surface area contributed by atoms with Gasteiger partial charge in [0.25, 0.3) is 0 Å². The van der Waals surface area contributed by atoms with Crippen LogP contribution in [-0.2, 0) is 35.0 Å². The average Bonchev–Trinajstić information content (AvgIpc) is 3.40. The van der Waals surface area contributed by atoms with Crippen LogP contribution in [0.4, 0.5) is 0 Å². The number of nitrogens with zero attached hydrogens (tertiary/aromatic N) is 2. The predicted molar refractivity (Wildman–Crippen MR) is 248 cm³/mol. The Morgan fingerprint density at radius 3 is 2.35 bits per heavy atom. The van der Waals surface area contributed by atoms with Crippen molar-refractivity contribution in [2.24, 2.45) is 0 Å². The minimum absolute atomic E-state index is 0.0589. The highest BCUT2D eigenvalue weighted by molar-refractivity contribution is 5.79. The van der Waals surface area contributed by atoms with Crippen LogP contribution >= 0.6 is 0 Å². The van der Waals surface area contributed by atoms with Gasteiger partial charge in [0.2, 0.25) is 0 Å². The van der Waals surface area contributed by atoms with Crippen LogP contribution in [0.3, 0.4) is 0 Å². The summed E-state index contributed by atoms with van der Waals surface area (Å²) in [6.07, 6.45) is 16.0. The number of likely N-dealkylation sites (N-methyl/N-ethyl adjacent to an activating group) is 2. The topological polar surface area (TPSA) is 107 Å². The lowest BCUT2D eigenvalue weighted by Crippen LogP contribution is -2.71. The Hall–Kier alpha value is -3.64. The van der Waals surface area contributed by atoms with Gasteiger partial charge in [-0.25, -0.2) is 0 Å². The number of benzene rings is 2. The molecule has 2 N–H and O–H groups in total. The maximum atomic E-state index is 14.0. The highest BCUT2D eigenvalue weighted by atomic mass is 16.6. The van der Waals surface area contributed by atoms with Crippen molar-refractivity contribution in [1.29, 1.82) is 0 Å². The summed E-state index contributed by atoms with van der Waals surface area (Å²) in [5.74, 6) is -1.41. The summed E-state index contributed by atoms with van der Waals surface area (Å²) in [5, 5.41) is 14.5. The molecule has 2 saturated heterocycles. The first-order chi connectivity index (χ1) is 30.0. The second-order valence-electron chi connectivity index (χ2n) is 18.3. The Kier molecular flexibility index (Phi) is 19.9. The van der Waals surface area contributed by atoms with Crippen molar-refractivity contribution in [3.05, 3.63) is 108 Å². The Morgan fingerprint density at radius 1 is 0.968 bits per heavy atom. The molecule has 0 radical (unpaired) electrons. The maximum Gasteiger partial charge on any atom is 0.320 e. The second-order valence-corrected chi connectivity index (χ2v) is 18.3. The molecule has 2 aliphatic heterocycles. The molecule has 0 saturated carbocycles. The number of aliphatic hydroxyl groups excluding tert-OH is 1. The highest BCUT2D eigenvalue weighted by Crippen LogP contribution is 2.52. The molecule has 342 valence electrons. The SMILES string of the molecule is C=C1C=C(C(O)CNCCCCCCOCCCCc2ccccc2)C=CC1OCC12CCC(CC(OC(=O)C(COC(=O)CN(CC)CC)c3ccccc3)C1)[N+]2(C)C(C)C. The third-order valence-corrected chi connectivity index (χ3v) is 14.0. The fraction of sp³-hybridized carbons (Fsp3) is 0.615. The standard InChI is InChI=1S/C52H78N3O7/c1-7-54(8-2)37-50(57)60-38-47(43-24-15-12-16-25-43)51(58)62-46-34-45-28-29-52(35-46,55(45,6)40(3)4)39-61-49-27-26-44(33-41(49)5)48(56)36-53-30-18-9-10-19-31-59-32-20-17-23-42-21-13-11-14-22-42/h11-16,21-22,24-27,33,40,45-49,53,56H,5,7-10,17-20,23,28-32,34-39H2,1-4,6H3/q+1. The van der Waals surface area contributed by atoms with Gasteiger partial charge in [0.15, 0.2) is 0 Å². The van der Waals surface area contributed by atoms with Crippen LogP contribution < -0.4 is 5.32 Å². The average molecular weight is 857 g/mol. The first-order valence-corrected chi connectivity index (χ1v) is 23.7. The normalized spacial score (nSPS) is 24.3. The summed E-state index contributed by atoms with van der Waals surface area (Å²) in [6.45, 7) is 18.1. The Labute approximate surface area is 373 Å². The van der Waals surface area contributed by atoms with E-state index in [1.165, 1.54) is 5.56 Å². The molecule has 2 aromatic rings. The number of unbranched alkanes of at least 4 members (excludes halogenated alkanes) is 4. The summed E-state index contributed by atoms with van der Waals surface area (Å²) in [4.78, 5) is 28.8. The number of hydrogen-bond donors (Lipinski definition) is 2. The van der Waals surface area contributed by atoms with Crippen molar-refractivity contribution < 1.29 is 38.1 Å². The van der Waals surface area contributed by atoms with E-state index in [2.05, 4.69) is 63.1 Å². The minimum atomic E-state index is -0.710. The number of nitrogens with one attached hydrogen (secondary N) is 1. The molecule has 3 aliphatic rings. The smallest absolute Gasteiger partial charge is 0.320 e. The van der Waals surface area contributed by atoms with E-state index < -0.39 is 12.0 Å². The van der Waals surface area contributed by atoms with Crippen molar-refractivity contribution in [3.63, 3.8) is 0 Å². The first-order valence-electron chi connectivity index (χ1n) is 23.7. The molecule has 2 fully saturated rings. The number of aliphatic hydroxyl groups is 1. The highest BCUT2D eigenvalue weighted by Gasteiger charge is 2.64. The molecule has 5 rings (SSSR count). The molecule has 0 amide bonds. The molecule has 0 aromatic heterocycles. The fourth-order valence-electron chi connectivity index (χ4n) is 9.92. The Balaban J connectivity index is 1.05. The van der Waals surface area contributed by atoms with E-state index in [1.807, 2.05) is 67.3 Å². The van der Waals surface area contributed by atoms with Gasteiger partial charge >= 0.3 is 11.9 Å². The van der Waals surface area contributed by atoms with Crippen molar-refractivity contribution in [1.82, 2.24) is 10.2 Å². The quantitative estimate of drug-likeness (QED) is 0.0499. The number of ether oxygens (including phenoxy) is 4. The summed E-state index contributed by atoms with van der Waals surface area (Å²) >= 11 is 0. The number of fused-ring (bicyclic) bond motifs is 2. The molecular formula is C52H78N3O7+. The van der Waals surface area contributed by atoms with Gasteiger partial charge in [-0.05, 0) is 87.9 Å². The zero-order valence-corrected chi connectivity index (χ0v) is 38.6. The van der Waals surface area contributed by atoms with E-state index in [1.54, 1.807) is 0 Å². The van der Waals surface area contributed by atoms with Gasteiger partial charge in [-0.1, -0.05) is 112 Å². The zero-order valence-electron chi connectivity index (χ0n) is 38.6. The molecule has 2 bridgehead atoms. The Morgan fingerprint density at radius 2 is 1.66 bits per heavy atom. The zero-order chi connectivity index (χ0) is 44.4. The monoisotopic (exact) mass is 857 g/mol. The molecule has 2 aromatic carbocycles. The molecule has 62 heavy (non-hydrogen) atoms. The molecule has 10 nitrogen and oxygen atoms in total. The van der Waals surface area contributed by atoms with Crippen molar-refractivity contribution >= 4 is 11.9 Å². The van der Waals surface area contributed by atoms with Gasteiger partial charge < -0.3 is 33.9 Å². The van der Waals surface area contributed by atoms with Crippen molar-refractivity contribution in [2.45, 2.75) is 140 Å². The van der Waals surface area contributed by atoms with Crippen LogP contribution in [-0.4, -0.2) is 129 Å². The van der Waals surface area contributed by atoms with Crippen LogP contribution in [0, 0.1) is 0 Å². The molecule has 1 aliphatic carbocycles. The van der Waals surface area contributed by atoms with E-state index in [9.17, 15) is 14.7 Å². The maximum absolute atomic E-state index is 14.0. The van der Waals surface area contributed by atoms with Crippen LogP contribution in [0.2, 0.25) is 0 Å². The van der Waals surface area contributed by atoms with Crippen LogP contribution in [0.1, 0.15) is 109 Å². The molecule has 10 heteroatoms. The minimum Gasteiger partial charge on any atom is -0.463 e. The third kappa shape index (κ3) is 13.7. The Bertz CT molecular complexity index is 1730. The number of esters is 2. The van der Waals surface area contributed by atoms with Crippen LogP contribution in [0.15, 0.2) is 96.6 Å². The first kappa shape index (κ1) is 49.4. The van der Waals surface area contributed by atoms with E-state index in [-0.39, 0.29) is 42.8 Å². The molecule has 7 unspecified atom stereocenters. The summed E-state index contributed by atoms with van der Waals surface area (Å²) in [6, 6.07) is 20.8. The summed E-state index contributed by atoms with van der Waals surface area (Å²) in [7, 11) is 2.35.